The third kappa shape index (κ3) is 5.24. The summed E-state index contributed by atoms with van der Waals surface area (Å²) in [7, 11) is 0. The molecule has 1 heterocycles. The zero-order chi connectivity index (χ0) is 13.2. The molecule has 0 spiro atoms. The largest absolute Gasteiger partial charge is 0.251 e. The minimum Gasteiger partial charge on any atom is -0.248 e. The third-order valence-electron chi connectivity index (χ3n) is 3.72. The summed E-state index contributed by atoms with van der Waals surface area (Å²) in [6.07, 6.45) is 14.2. The molecule has 1 N–H and O–H groups in total. The van der Waals surface area contributed by atoms with E-state index >= 15 is 0 Å². The summed E-state index contributed by atoms with van der Waals surface area (Å²) in [4.78, 5) is 3.38. The van der Waals surface area contributed by atoms with Crippen LogP contribution in [0.25, 0.3) is 0 Å². The number of H-pyrrole nitrogens is 1. The van der Waals surface area contributed by atoms with E-state index in [0.717, 1.165) is 0 Å². The summed E-state index contributed by atoms with van der Waals surface area (Å²) >= 11 is 0. The molecule has 2 heteroatoms. The van der Waals surface area contributed by atoms with E-state index in [1.807, 2.05) is 0 Å². The first-order valence-electron chi connectivity index (χ1n) is 7.86. The third-order valence-corrected chi connectivity index (χ3v) is 3.72. The average molecular weight is 251 g/mol. The molecule has 0 atom stereocenters. The molecule has 0 radical (unpaired) electrons. The van der Waals surface area contributed by atoms with Crippen molar-refractivity contribution < 1.29 is 4.57 Å². The van der Waals surface area contributed by atoms with Crippen LogP contribution in [0.1, 0.15) is 76.7 Å². The Kier molecular flexibility index (Phi) is 7.79. The van der Waals surface area contributed by atoms with E-state index in [0.29, 0.717) is 0 Å². The number of aryl methyl sites for hydroxylation is 2. The second kappa shape index (κ2) is 9.18. The second-order valence-corrected chi connectivity index (χ2v) is 5.39. The molecule has 0 bridgehead atoms. The van der Waals surface area contributed by atoms with Gasteiger partial charge in [0.25, 0.3) is 5.82 Å². The van der Waals surface area contributed by atoms with Gasteiger partial charge in [0.05, 0.1) is 6.54 Å². The molecule has 104 valence electrons. The predicted molar refractivity (Wildman–Crippen MR) is 77.7 cm³/mol. The van der Waals surface area contributed by atoms with Crippen LogP contribution in [0.15, 0.2) is 6.20 Å². The highest BCUT2D eigenvalue weighted by Crippen LogP contribution is 2.06. The van der Waals surface area contributed by atoms with E-state index in [1.54, 1.807) is 0 Å². The highest BCUT2D eigenvalue weighted by atomic mass is 15.1. The first-order chi connectivity index (χ1) is 8.79. The molecule has 1 aromatic rings. The Balaban J connectivity index is 2.37. The summed E-state index contributed by atoms with van der Waals surface area (Å²) in [5.74, 6) is 1.32. The molecule has 0 aliphatic heterocycles. The monoisotopic (exact) mass is 251 g/mol. The van der Waals surface area contributed by atoms with Crippen molar-refractivity contribution in [1.29, 1.82) is 0 Å². The lowest BCUT2D eigenvalue weighted by molar-refractivity contribution is -0.708. The van der Waals surface area contributed by atoms with Gasteiger partial charge in [-0.1, -0.05) is 46.0 Å². The van der Waals surface area contributed by atoms with Crippen molar-refractivity contribution in [1.82, 2.24) is 4.98 Å². The van der Waals surface area contributed by atoms with Gasteiger partial charge in [0.1, 0.15) is 11.9 Å². The number of rotatable bonds is 10. The van der Waals surface area contributed by atoms with Crippen molar-refractivity contribution in [2.24, 2.45) is 0 Å². The van der Waals surface area contributed by atoms with Crippen LogP contribution in [0.2, 0.25) is 0 Å². The Morgan fingerprint density at radius 1 is 0.944 bits per heavy atom. The van der Waals surface area contributed by atoms with E-state index in [-0.39, 0.29) is 0 Å². The van der Waals surface area contributed by atoms with Gasteiger partial charge in [-0.2, -0.15) is 0 Å². The summed E-state index contributed by atoms with van der Waals surface area (Å²) < 4.78 is 2.49. The quantitative estimate of drug-likeness (QED) is 0.472. The van der Waals surface area contributed by atoms with Gasteiger partial charge in [-0.3, -0.25) is 0 Å². The number of hydrogen-bond acceptors (Lipinski definition) is 0. The molecular formula is C16H31N2+. The Morgan fingerprint density at radius 3 is 2.28 bits per heavy atom. The molecule has 0 fully saturated rings. The fraction of sp³-hybridized carbons (Fsp3) is 0.812. The molecular weight excluding hydrogens is 220 g/mol. The van der Waals surface area contributed by atoms with Gasteiger partial charge >= 0.3 is 0 Å². The average Bonchev–Trinajstić information content (AvgIpc) is 2.72. The first kappa shape index (κ1) is 15.3. The Hall–Kier alpha value is -0.790. The van der Waals surface area contributed by atoms with Gasteiger partial charge in [-0.25, -0.2) is 9.55 Å². The maximum Gasteiger partial charge on any atom is 0.251 e. The Bertz CT molecular complexity index is 315. The van der Waals surface area contributed by atoms with Gasteiger partial charge in [0.15, 0.2) is 0 Å². The Labute approximate surface area is 113 Å². The molecule has 0 saturated heterocycles. The van der Waals surface area contributed by atoms with Gasteiger partial charge in [0, 0.05) is 13.3 Å². The van der Waals surface area contributed by atoms with Crippen LogP contribution >= 0.6 is 0 Å². The highest BCUT2D eigenvalue weighted by molar-refractivity contribution is 4.90. The normalized spacial score (nSPS) is 11.1. The molecule has 0 saturated carbocycles. The standard InChI is InChI=1S/C16H30N2/c1-4-6-8-10-12-16-14-17-15(3)18(16)13-11-9-7-5-2/h14H,4-13H2,1-3H3/p+1. The van der Waals surface area contributed by atoms with Crippen LogP contribution in [0.3, 0.4) is 0 Å². The number of unbranched alkanes of at least 4 members (excludes halogenated alkanes) is 6. The molecule has 1 rings (SSSR count). The van der Waals surface area contributed by atoms with Crippen molar-refractivity contribution in [2.45, 2.75) is 85.1 Å². The van der Waals surface area contributed by atoms with Crippen LogP contribution in [-0.4, -0.2) is 4.98 Å². The van der Waals surface area contributed by atoms with Crippen molar-refractivity contribution >= 4 is 0 Å². The van der Waals surface area contributed by atoms with Gasteiger partial charge in [0.2, 0.25) is 0 Å². The summed E-state index contributed by atoms with van der Waals surface area (Å²) in [5, 5.41) is 0. The minimum absolute atomic E-state index is 1.19. The lowest BCUT2D eigenvalue weighted by Crippen LogP contribution is -2.39. The lowest BCUT2D eigenvalue weighted by atomic mass is 10.1. The minimum atomic E-state index is 1.19. The molecule has 0 unspecified atom stereocenters. The fourth-order valence-electron chi connectivity index (χ4n) is 2.51. The number of aromatic amines is 1. The topological polar surface area (TPSA) is 19.7 Å². The van der Waals surface area contributed by atoms with Crippen LogP contribution in [0, 0.1) is 6.92 Å². The molecule has 2 nitrogen and oxygen atoms in total. The smallest absolute Gasteiger partial charge is 0.248 e. The molecule has 1 aromatic heterocycles. The van der Waals surface area contributed by atoms with Crippen LogP contribution in [0.5, 0.6) is 0 Å². The van der Waals surface area contributed by atoms with E-state index < -0.39 is 0 Å². The van der Waals surface area contributed by atoms with Crippen LogP contribution in [-0.2, 0) is 13.0 Å². The Morgan fingerprint density at radius 2 is 1.61 bits per heavy atom. The van der Waals surface area contributed by atoms with Crippen molar-refractivity contribution in [3.05, 3.63) is 17.7 Å². The maximum atomic E-state index is 3.38. The number of hydrogen-bond donors (Lipinski definition) is 1. The summed E-state index contributed by atoms with van der Waals surface area (Å²) in [5.41, 5.74) is 1.50. The summed E-state index contributed by atoms with van der Waals surface area (Å²) in [6.45, 7) is 7.93. The number of imidazole rings is 1. The SMILES string of the molecule is CCCCCCc1c[nH]c(C)[n+]1CCCCCC. The number of nitrogens with one attached hydrogen (secondary N) is 1. The van der Waals surface area contributed by atoms with E-state index in [1.165, 1.54) is 75.9 Å². The fourth-order valence-corrected chi connectivity index (χ4v) is 2.51. The molecule has 0 amide bonds. The number of aromatic nitrogens is 2. The zero-order valence-electron chi connectivity index (χ0n) is 12.6. The molecule has 0 aliphatic rings. The van der Waals surface area contributed by atoms with Gasteiger partial charge < -0.3 is 0 Å². The zero-order valence-corrected chi connectivity index (χ0v) is 12.6. The van der Waals surface area contributed by atoms with E-state index in [2.05, 4.69) is 36.5 Å². The lowest BCUT2D eigenvalue weighted by Gasteiger charge is -2.03. The van der Waals surface area contributed by atoms with Crippen molar-refractivity contribution in [2.75, 3.05) is 0 Å². The van der Waals surface area contributed by atoms with Crippen molar-refractivity contribution in [3.8, 4) is 0 Å². The summed E-state index contributed by atoms with van der Waals surface area (Å²) in [6, 6.07) is 0. The van der Waals surface area contributed by atoms with Gasteiger partial charge in [-0.15, -0.1) is 0 Å². The van der Waals surface area contributed by atoms with Gasteiger partial charge in [-0.05, 0) is 19.3 Å². The van der Waals surface area contributed by atoms with Crippen LogP contribution < -0.4 is 4.57 Å². The maximum absolute atomic E-state index is 3.38. The second-order valence-electron chi connectivity index (χ2n) is 5.39. The van der Waals surface area contributed by atoms with Crippen molar-refractivity contribution in [3.63, 3.8) is 0 Å². The number of nitrogens with zero attached hydrogens (tertiary/aromatic N) is 1. The molecule has 0 aromatic carbocycles. The predicted octanol–water partition coefficient (Wildman–Crippen LogP) is 4.31. The van der Waals surface area contributed by atoms with Crippen LogP contribution in [0.4, 0.5) is 0 Å². The molecule has 0 aliphatic carbocycles. The van der Waals surface area contributed by atoms with E-state index in [4.69, 9.17) is 0 Å². The highest BCUT2D eigenvalue weighted by Gasteiger charge is 2.12. The first-order valence-corrected chi connectivity index (χ1v) is 7.86. The van der Waals surface area contributed by atoms with E-state index in [9.17, 15) is 0 Å². The molecule has 18 heavy (non-hydrogen) atoms.